The molecule has 0 bridgehead atoms. The highest BCUT2D eigenvalue weighted by Crippen LogP contribution is 2.36. The summed E-state index contributed by atoms with van der Waals surface area (Å²) in [5.74, 6) is 2.85. The molecule has 9 nitrogen and oxygen atoms in total. The zero-order valence-electron chi connectivity index (χ0n) is 20.8. The van der Waals surface area contributed by atoms with Gasteiger partial charge in [0.25, 0.3) is 0 Å². The van der Waals surface area contributed by atoms with Gasteiger partial charge in [0.2, 0.25) is 0 Å². The van der Waals surface area contributed by atoms with E-state index in [0.717, 1.165) is 33.8 Å². The largest absolute Gasteiger partial charge is 0.493 e. The van der Waals surface area contributed by atoms with Crippen molar-refractivity contribution in [2.75, 3.05) is 50.2 Å². The molecule has 2 aromatic heterocycles. The Labute approximate surface area is 216 Å². The number of rotatable bonds is 9. The Kier molecular flexibility index (Phi) is 7.59. The highest BCUT2D eigenvalue weighted by Gasteiger charge is 2.25. The number of sulfone groups is 1. The quantitative estimate of drug-likeness (QED) is 0.411. The number of nitrogens with one attached hydrogen (secondary N) is 1. The van der Waals surface area contributed by atoms with Crippen LogP contribution in [0.25, 0.3) is 21.7 Å². The average molecular weight is 532 g/mol. The molecule has 0 amide bonds. The summed E-state index contributed by atoms with van der Waals surface area (Å²) < 4.78 is 35.6. The summed E-state index contributed by atoms with van der Waals surface area (Å²) >= 11 is 1.54. The molecule has 2 fully saturated rings. The lowest BCUT2D eigenvalue weighted by atomic mass is 10.1. The third-order valence-corrected chi connectivity index (χ3v) is 9.39. The molecule has 36 heavy (non-hydrogen) atoms. The summed E-state index contributed by atoms with van der Waals surface area (Å²) in [6.45, 7) is 6.00. The van der Waals surface area contributed by atoms with E-state index in [-0.39, 0.29) is 17.5 Å². The summed E-state index contributed by atoms with van der Waals surface area (Å²) in [6.07, 6.45) is 6.44. The summed E-state index contributed by atoms with van der Waals surface area (Å²) in [5.41, 5.74) is 0.731. The number of thiazole rings is 1. The van der Waals surface area contributed by atoms with Gasteiger partial charge >= 0.3 is 0 Å². The van der Waals surface area contributed by atoms with E-state index in [2.05, 4.69) is 15.2 Å². The van der Waals surface area contributed by atoms with Gasteiger partial charge < -0.3 is 19.7 Å². The van der Waals surface area contributed by atoms with Crippen LogP contribution < -0.4 is 14.8 Å². The third kappa shape index (κ3) is 5.90. The van der Waals surface area contributed by atoms with Crippen LogP contribution in [0.2, 0.25) is 0 Å². The summed E-state index contributed by atoms with van der Waals surface area (Å²) in [6, 6.07) is 3.83. The van der Waals surface area contributed by atoms with Crippen LogP contribution in [-0.4, -0.2) is 79.2 Å². The van der Waals surface area contributed by atoms with Crippen LogP contribution in [0.15, 0.2) is 18.3 Å². The number of aryl methyl sites for hydroxylation is 1. The fraction of sp³-hybridized carbons (Fsp3) is 0.560. The zero-order valence-corrected chi connectivity index (χ0v) is 22.5. The van der Waals surface area contributed by atoms with Gasteiger partial charge in [-0.3, -0.25) is 0 Å². The molecule has 2 aliphatic rings. The van der Waals surface area contributed by atoms with E-state index in [0.29, 0.717) is 42.6 Å². The van der Waals surface area contributed by atoms with Gasteiger partial charge in [0.1, 0.15) is 15.7 Å². The number of ether oxygens (including phenoxy) is 2. The Morgan fingerprint density at radius 2 is 1.92 bits per heavy atom. The minimum Gasteiger partial charge on any atom is -0.493 e. The maximum Gasteiger partial charge on any atom is 0.191 e. The second kappa shape index (κ2) is 10.9. The Morgan fingerprint density at radius 1 is 1.14 bits per heavy atom. The summed E-state index contributed by atoms with van der Waals surface area (Å²) in [4.78, 5) is 17.7. The standard InChI is InChI=1S/C25H33N5O4S2/c1-17-16-26-25(35-17)24-28-20-15-22(34-11-5-10-30-8-3-4-9-30)21(33-2)14-19(20)23(29-24)27-18-6-12-36(31,32)13-7-18/h14-16,18H,3-13H2,1-2H3,(H,27,28,29). The molecule has 0 spiro atoms. The van der Waals surface area contributed by atoms with Crippen molar-refractivity contribution >= 4 is 37.9 Å². The Morgan fingerprint density at radius 3 is 2.61 bits per heavy atom. The Hall–Kier alpha value is -2.50. The molecule has 11 heteroatoms. The summed E-state index contributed by atoms with van der Waals surface area (Å²) in [5, 5.41) is 5.04. The van der Waals surface area contributed by atoms with Crippen molar-refractivity contribution < 1.29 is 17.9 Å². The molecule has 2 saturated heterocycles. The van der Waals surface area contributed by atoms with Gasteiger partial charge in [0, 0.05) is 35.1 Å². The Balaban J connectivity index is 1.43. The van der Waals surface area contributed by atoms with Crippen LogP contribution in [0.4, 0.5) is 5.82 Å². The van der Waals surface area contributed by atoms with Crippen molar-refractivity contribution in [1.29, 1.82) is 0 Å². The molecule has 0 aliphatic carbocycles. The highest BCUT2D eigenvalue weighted by molar-refractivity contribution is 7.91. The molecule has 0 atom stereocenters. The predicted molar refractivity (Wildman–Crippen MR) is 143 cm³/mol. The van der Waals surface area contributed by atoms with Gasteiger partial charge in [-0.1, -0.05) is 0 Å². The van der Waals surface area contributed by atoms with E-state index < -0.39 is 9.84 Å². The molecule has 5 rings (SSSR count). The van der Waals surface area contributed by atoms with Crippen LogP contribution in [0.1, 0.15) is 37.0 Å². The number of nitrogens with zero attached hydrogens (tertiary/aromatic N) is 4. The normalized spacial score (nSPS) is 18.5. The van der Waals surface area contributed by atoms with Crippen LogP contribution in [0.3, 0.4) is 0 Å². The van der Waals surface area contributed by atoms with Crippen molar-refractivity contribution in [3.8, 4) is 22.3 Å². The molecule has 0 unspecified atom stereocenters. The van der Waals surface area contributed by atoms with Gasteiger partial charge in [-0.2, -0.15) is 0 Å². The molecule has 4 heterocycles. The topological polar surface area (TPSA) is 107 Å². The number of hydrogen-bond acceptors (Lipinski definition) is 10. The molecule has 0 radical (unpaired) electrons. The monoisotopic (exact) mass is 531 g/mol. The van der Waals surface area contributed by atoms with Gasteiger partial charge in [-0.25, -0.2) is 23.4 Å². The van der Waals surface area contributed by atoms with Crippen molar-refractivity contribution in [3.05, 3.63) is 23.2 Å². The Bertz CT molecular complexity index is 1310. The van der Waals surface area contributed by atoms with Gasteiger partial charge in [0.05, 0.1) is 30.7 Å². The third-order valence-electron chi connectivity index (χ3n) is 6.76. The lowest BCUT2D eigenvalue weighted by Gasteiger charge is -2.24. The van der Waals surface area contributed by atoms with Gasteiger partial charge in [-0.15, -0.1) is 11.3 Å². The van der Waals surface area contributed by atoms with Crippen LogP contribution >= 0.6 is 11.3 Å². The number of likely N-dealkylation sites (tertiary alicyclic amines) is 1. The van der Waals surface area contributed by atoms with Crippen LogP contribution in [0, 0.1) is 6.92 Å². The van der Waals surface area contributed by atoms with E-state index in [1.807, 2.05) is 25.3 Å². The maximum absolute atomic E-state index is 11.9. The van der Waals surface area contributed by atoms with Gasteiger partial charge in [0.15, 0.2) is 22.3 Å². The van der Waals surface area contributed by atoms with Crippen LogP contribution in [-0.2, 0) is 9.84 Å². The first-order valence-corrected chi connectivity index (χ1v) is 15.2. The number of benzene rings is 1. The van der Waals surface area contributed by atoms with Crippen LogP contribution in [0.5, 0.6) is 11.5 Å². The number of methoxy groups -OCH3 is 1. The number of hydrogen-bond donors (Lipinski definition) is 1. The van der Waals surface area contributed by atoms with E-state index in [9.17, 15) is 8.42 Å². The fourth-order valence-corrected chi connectivity index (χ4v) is 6.97. The first-order valence-electron chi connectivity index (χ1n) is 12.5. The average Bonchev–Trinajstić information content (AvgIpc) is 3.54. The van der Waals surface area contributed by atoms with E-state index in [1.165, 1.54) is 25.9 Å². The molecule has 1 N–H and O–H groups in total. The van der Waals surface area contributed by atoms with E-state index in [4.69, 9.17) is 19.4 Å². The van der Waals surface area contributed by atoms with Crippen molar-refractivity contribution in [2.45, 2.75) is 45.1 Å². The first-order chi connectivity index (χ1) is 17.4. The molecular weight excluding hydrogens is 498 g/mol. The number of anilines is 1. The lowest BCUT2D eigenvalue weighted by molar-refractivity contribution is 0.254. The minimum atomic E-state index is -2.95. The molecule has 0 saturated carbocycles. The van der Waals surface area contributed by atoms with E-state index >= 15 is 0 Å². The summed E-state index contributed by atoms with van der Waals surface area (Å²) in [7, 11) is -1.32. The number of aromatic nitrogens is 3. The molecule has 194 valence electrons. The minimum absolute atomic E-state index is 0.0185. The maximum atomic E-state index is 11.9. The van der Waals surface area contributed by atoms with E-state index in [1.54, 1.807) is 18.4 Å². The predicted octanol–water partition coefficient (Wildman–Crippen LogP) is 3.92. The molecule has 2 aliphatic heterocycles. The second-order valence-electron chi connectivity index (χ2n) is 9.51. The van der Waals surface area contributed by atoms with Crippen molar-refractivity contribution in [2.24, 2.45) is 0 Å². The highest BCUT2D eigenvalue weighted by atomic mass is 32.2. The number of fused-ring (bicyclic) bond motifs is 1. The SMILES string of the molecule is COc1cc2c(NC3CCS(=O)(=O)CC3)nc(-c3ncc(C)s3)nc2cc1OCCCN1CCCC1. The zero-order chi connectivity index (χ0) is 25.1. The lowest BCUT2D eigenvalue weighted by Crippen LogP contribution is -2.32. The van der Waals surface area contributed by atoms with Gasteiger partial charge in [-0.05, 0) is 58.2 Å². The van der Waals surface area contributed by atoms with Crippen molar-refractivity contribution in [1.82, 2.24) is 19.9 Å². The molecule has 3 aromatic rings. The molecule has 1 aromatic carbocycles. The fourth-order valence-electron chi connectivity index (χ4n) is 4.78. The van der Waals surface area contributed by atoms with Crippen molar-refractivity contribution in [3.63, 3.8) is 0 Å². The second-order valence-corrected chi connectivity index (χ2v) is 13.1. The smallest absolute Gasteiger partial charge is 0.191 e. The molecular formula is C25H33N5O4S2. The first kappa shape index (κ1) is 25.2.